The van der Waals surface area contributed by atoms with Crippen molar-refractivity contribution in [3.8, 4) is 5.75 Å². The number of methoxy groups -OCH3 is 1. The molecule has 0 unspecified atom stereocenters. The van der Waals surface area contributed by atoms with Crippen LogP contribution in [-0.2, 0) is 33.9 Å². The molecule has 0 saturated carbocycles. The SMILES string of the molecule is COc1ccc(C(=O)OCc2ccccc2)c(CCCC(=O)OCc2ccccc2)c1. The summed E-state index contributed by atoms with van der Waals surface area (Å²) in [5, 5.41) is 0. The van der Waals surface area contributed by atoms with Crippen LogP contribution in [0.3, 0.4) is 0 Å². The Balaban J connectivity index is 1.55. The number of carbonyl (C=O) groups is 2. The normalized spacial score (nSPS) is 10.4. The van der Waals surface area contributed by atoms with E-state index in [0.717, 1.165) is 16.7 Å². The van der Waals surface area contributed by atoms with Gasteiger partial charge in [-0.05, 0) is 47.7 Å². The molecule has 0 N–H and O–H groups in total. The Kier molecular flexibility index (Phi) is 8.23. The number of hydrogen-bond donors (Lipinski definition) is 0. The Hall–Kier alpha value is -3.60. The Morgan fingerprint density at radius 2 is 1.39 bits per heavy atom. The number of benzene rings is 3. The van der Waals surface area contributed by atoms with Gasteiger partial charge in [0.25, 0.3) is 0 Å². The molecular weight excluding hydrogens is 392 g/mol. The van der Waals surface area contributed by atoms with E-state index in [4.69, 9.17) is 14.2 Å². The van der Waals surface area contributed by atoms with Crippen LogP contribution < -0.4 is 4.74 Å². The molecule has 0 aliphatic rings. The second kappa shape index (κ2) is 11.6. The molecule has 0 bridgehead atoms. The van der Waals surface area contributed by atoms with Gasteiger partial charge in [-0.3, -0.25) is 4.79 Å². The first-order valence-electron chi connectivity index (χ1n) is 10.2. The third kappa shape index (κ3) is 7.00. The van der Waals surface area contributed by atoms with Crippen molar-refractivity contribution >= 4 is 11.9 Å². The summed E-state index contributed by atoms with van der Waals surface area (Å²) < 4.78 is 16.1. The molecule has 31 heavy (non-hydrogen) atoms. The van der Waals surface area contributed by atoms with E-state index in [1.54, 1.807) is 19.2 Å². The predicted octanol–water partition coefficient (Wildman–Crippen LogP) is 5.12. The number of rotatable bonds is 10. The first-order valence-corrected chi connectivity index (χ1v) is 10.2. The second-order valence-electron chi connectivity index (χ2n) is 7.08. The van der Waals surface area contributed by atoms with E-state index in [2.05, 4.69) is 0 Å². The third-order valence-electron chi connectivity index (χ3n) is 4.81. The van der Waals surface area contributed by atoms with E-state index in [-0.39, 0.29) is 25.6 Å². The maximum Gasteiger partial charge on any atom is 0.338 e. The lowest BCUT2D eigenvalue weighted by Gasteiger charge is -2.12. The summed E-state index contributed by atoms with van der Waals surface area (Å²) in [6.45, 7) is 0.465. The molecular formula is C26H26O5. The minimum atomic E-state index is -0.395. The molecule has 3 aromatic carbocycles. The molecule has 0 heterocycles. The van der Waals surface area contributed by atoms with Gasteiger partial charge in [-0.25, -0.2) is 4.79 Å². The van der Waals surface area contributed by atoms with Crippen LogP contribution in [0.4, 0.5) is 0 Å². The van der Waals surface area contributed by atoms with Gasteiger partial charge in [0.1, 0.15) is 19.0 Å². The predicted molar refractivity (Wildman–Crippen MR) is 118 cm³/mol. The molecule has 0 radical (unpaired) electrons. The van der Waals surface area contributed by atoms with Crippen molar-refractivity contribution in [1.29, 1.82) is 0 Å². The molecule has 0 saturated heterocycles. The van der Waals surface area contributed by atoms with E-state index in [1.807, 2.05) is 66.7 Å². The van der Waals surface area contributed by atoms with E-state index >= 15 is 0 Å². The lowest BCUT2D eigenvalue weighted by atomic mass is 10.0. The average Bonchev–Trinajstić information content (AvgIpc) is 2.82. The summed E-state index contributed by atoms with van der Waals surface area (Å²) in [5.74, 6) is -0.00521. The number of carbonyl (C=O) groups excluding carboxylic acids is 2. The van der Waals surface area contributed by atoms with Crippen LogP contribution in [0.1, 0.15) is 39.9 Å². The molecule has 0 atom stereocenters. The molecule has 3 rings (SSSR count). The zero-order valence-corrected chi connectivity index (χ0v) is 17.6. The summed E-state index contributed by atoms with van der Waals surface area (Å²) in [5.41, 5.74) is 3.14. The first-order chi connectivity index (χ1) is 15.2. The van der Waals surface area contributed by atoms with E-state index in [1.165, 1.54) is 0 Å². The number of ether oxygens (including phenoxy) is 3. The molecule has 3 aromatic rings. The van der Waals surface area contributed by atoms with Crippen LogP contribution in [0.15, 0.2) is 78.9 Å². The zero-order valence-electron chi connectivity index (χ0n) is 17.6. The molecule has 5 heteroatoms. The quantitative estimate of drug-likeness (QED) is 0.428. The van der Waals surface area contributed by atoms with Crippen LogP contribution in [0.5, 0.6) is 5.75 Å². The number of hydrogen-bond acceptors (Lipinski definition) is 5. The largest absolute Gasteiger partial charge is 0.497 e. The molecule has 160 valence electrons. The van der Waals surface area contributed by atoms with Gasteiger partial charge >= 0.3 is 11.9 Å². The van der Waals surface area contributed by atoms with Gasteiger partial charge < -0.3 is 14.2 Å². The average molecular weight is 418 g/mol. The van der Waals surface area contributed by atoms with Crippen molar-refractivity contribution in [2.45, 2.75) is 32.5 Å². The standard InChI is InChI=1S/C26H26O5/c1-29-23-15-16-24(26(28)31-19-21-11-6-3-7-12-21)22(17-23)13-8-14-25(27)30-18-20-9-4-2-5-10-20/h2-7,9-12,15-17H,8,13-14,18-19H2,1H3. The van der Waals surface area contributed by atoms with Crippen LogP contribution in [0.25, 0.3) is 0 Å². The topological polar surface area (TPSA) is 61.8 Å². The van der Waals surface area contributed by atoms with Crippen molar-refractivity contribution in [2.24, 2.45) is 0 Å². The minimum Gasteiger partial charge on any atom is -0.497 e. The highest BCUT2D eigenvalue weighted by molar-refractivity contribution is 5.91. The minimum absolute atomic E-state index is 0.205. The molecule has 0 aliphatic carbocycles. The zero-order chi connectivity index (χ0) is 21.9. The Labute approximate surface area is 182 Å². The third-order valence-corrected chi connectivity index (χ3v) is 4.81. The van der Waals surface area contributed by atoms with Gasteiger partial charge in [-0.2, -0.15) is 0 Å². The Morgan fingerprint density at radius 1 is 0.774 bits per heavy atom. The van der Waals surface area contributed by atoms with Gasteiger partial charge in [-0.1, -0.05) is 60.7 Å². The highest BCUT2D eigenvalue weighted by Crippen LogP contribution is 2.21. The lowest BCUT2D eigenvalue weighted by Crippen LogP contribution is -2.10. The van der Waals surface area contributed by atoms with Crippen molar-refractivity contribution < 1.29 is 23.8 Å². The maximum atomic E-state index is 12.6. The fourth-order valence-electron chi connectivity index (χ4n) is 3.14. The lowest BCUT2D eigenvalue weighted by molar-refractivity contribution is -0.145. The first kappa shape index (κ1) is 22.1. The fraction of sp³-hybridized carbons (Fsp3) is 0.231. The van der Waals surface area contributed by atoms with Gasteiger partial charge in [0, 0.05) is 6.42 Å². The van der Waals surface area contributed by atoms with Gasteiger partial charge in [-0.15, -0.1) is 0 Å². The van der Waals surface area contributed by atoms with E-state index < -0.39 is 5.97 Å². The van der Waals surface area contributed by atoms with Crippen LogP contribution in [0, 0.1) is 0 Å². The number of aryl methyl sites for hydroxylation is 1. The van der Waals surface area contributed by atoms with Crippen molar-refractivity contribution in [3.05, 3.63) is 101 Å². The van der Waals surface area contributed by atoms with Crippen molar-refractivity contribution in [2.75, 3.05) is 7.11 Å². The Morgan fingerprint density at radius 3 is 2.00 bits per heavy atom. The van der Waals surface area contributed by atoms with Crippen LogP contribution in [0.2, 0.25) is 0 Å². The molecule has 0 aliphatic heterocycles. The van der Waals surface area contributed by atoms with Crippen LogP contribution >= 0.6 is 0 Å². The molecule has 0 aromatic heterocycles. The maximum absolute atomic E-state index is 12.6. The smallest absolute Gasteiger partial charge is 0.338 e. The summed E-state index contributed by atoms with van der Waals surface area (Å²) in [6, 6.07) is 24.3. The van der Waals surface area contributed by atoms with E-state index in [9.17, 15) is 9.59 Å². The van der Waals surface area contributed by atoms with Crippen molar-refractivity contribution in [3.63, 3.8) is 0 Å². The monoisotopic (exact) mass is 418 g/mol. The molecule has 0 amide bonds. The Bertz CT molecular complexity index is 983. The molecule has 5 nitrogen and oxygen atoms in total. The van der Waals surface area contributed by atoms with Gasteiger partial charge in [0.05, 0.1) is 12.7 Å². The van der Waals surface area contributed by atoms with Crippen LogP contribution in [-0.4, -0.2) is 19.0 Å². The highest BCUT2D eigenvalue weighted by Gasteiger charge is 2.15. The van der Waals surface area contributed by atoms with E-state index in [0.29, 0.717) is 24.2 Å². The molecule has 0 fully saturated rings. The summed E-state index contributed by atoms with van der Waals surface area (Å²) in [4.78, 5) is 24.7. The van der Waals surface area contributed by atoms with Crippen molar-refractivity contribution in [1.82, 2.24) is 0 Å². The summed E-state index contributed by atoms with van der Waals surface area (Å²) in [6.07, 6.45) is 1.36. The molecule has 0 spiro atoms. The van der Waals surface area contributed by atoms with Gasteiger partial charge in [0.2, 0.25) is 0 Å². The summed E-state index contributed by atoms with van der Waals surface area (Å²) >= 11 is 0. The summed E-state index contributed by atoms with van der Waals surface area (Å²) in [7, 11) is 1.58. The second-order valence-corrected chi connectivity index (χ2v) is 7.08. The highest BCUT2D eigenvalue weighted by atomic mass is 16.5. The number of esters is 2. The fourth-order valence-corrected chi connectivity index (χ4v) is 3.14. The van der Waals surface area contributed by atoms with Gasteiger partial charge in [0.15, 0.2) is 0 Å².